The van der Waals surface area contributed by atoms with E-state index in [4.69, 9.17) is 11.6 Å². The molecule has 0 aromatic heterocycles. The number of nitrogens with zero attached hydrogens (tertiary/aromatic N) is 1. The molecule has 0 radical (unpaired) electrons. The molecule has 1 heterocycles. The number of nitro benzene ring substituents is 1. The summed E-state index contributed by atoms with van der Waals surface area (Å²) in [6, 6.07) is 3.82. The van der Waals surface area contributed by atoms with Gasteiger partial charge in [-0.3, -0.25) is 25.0 Å². The van der Waals surface area contributed by atoms with Crippen molar-refractivity contribution in [2.24, 2.45) is 0 Å². The highest BCUT2D eigenvalue weighted by Crippen LogP contribution is 2.30. The minimum atomic E-state index is -0.666. The van der Waals surface area contributed by atoms with Crippen LogP contribution in [0.1, 0.15) is 5.56 Å². The monoisotopic (exact) mass is 252 g/mol. The van der Waals surface area contributed by atoms with Crippen molar-refractivity contribution in [1.82, 2.24) is 5.32 Å². The third kappa shape index (κ3) is 2.02. The Hall–Kier alpha value is -2.21. The summed E-state index contributed by atoms with van der Waals surface area (Å²) >= 11 is 5.72. The summed E-state index contributed by atoms with van der Waals surface area (Å²) in [6.07, 6.45) is 1.01. The van der Waals surface area contributed by atoms with Crippen LogP contribution in [0.2, 0.25) is 5.02 Å². The zero-order valence-corrected chi connectivity index (χ0v) is 9.02. The zero-order chi connectivity index (χ0) is 12.6. The first kappa shape index (κ1) is 11.3. The van der Waals surface area contributed by atoms with Crippen LogP contribution in [-0.4, -0.2) is 16.7 Å². The molecule has 0 fully saturated rings. The molecule has 7 heteroatoms. The third-order valence-corrected chi connectivity index (χ3v) is 2.44. The van der Waals surface area contributed by atoms with E-state index in [0.717, 1.165) is 6.08 Å². The molecule has 1 aromatic carbocycles. The number of halogens is 1. The second-order valence-corrected chi connectivity index (χ2v) is 3.73. The molecule has 1 aliphatic heterocycles. The van der Waals surface area contributed by atoms with Crippen LogP contribution in [-0.2, 0) is 9.59 Å². The predicted octanol–water partition coefficient (Wildman–Crippen LogP) is 1.29. The summed E-state index contributed by atoms with van der Waals surface area (Å²) in [6.45, 7) is 0. The Morgan fingerprint density at radius 1 is 1.29 bits per heavy atom. The van der Waals surface area contributed by atoms with Crippen molar-refractivity contribution in [2.45, 2.75) is 0 Å². The molecule has 17 heavy (non-hydrogen) atoms. The maximum atomic E-state index is 11.4. The number of nitro groups is 1. The van der Waals surface area contributed by atoms with Gasteiger partial charge in [-0.05, 0) is 12.1 Å². The van der Waals surface area contributed by atoms with Crippen molar-refractivity contribution in [3.05, 3.63) is 45.0 Å². The van der Waals surface area contributed by atoms with Gasteiger partial charge in [-0.2, -0.15) is 0 Å². The van der Waals surface area contributed by atoms with Crippen LogP contribution in [0.4, 0.5) is 5.69 Å². The van der Waals surface area contributed by atoms with Crippen LogP contribution in [0.15, 0.2) is 24.3 Å². The molecule has 0 unspecified atom stereocenters. The van der Waals surface area contributed by atoms with Gasteiger partial charge in [-0.1, -0.05) is 11.6 Å². The lowest BCUT2D eigenvalue weighted by Crippen LogP contribution is -2.21. The quantitative estimate of drug-likeness (QED) is 0.488. The lowest BCUT2D eigenvalue weighted by molar-refractivity contribution is -0.385. The molecule has 6 nitrogen and oxygen atoms in total. The SMILES string of the molecule is O=C1C=C(c2cc(Cl)ccc2[N+](=O)[O-])C(=O)N1. The smallest absolute Gasteiger partial charge is 0.277 e. The Labute approximate surface area is 100 Å². The molecule has 1 aliphatic rings. The summed E-state index contributed by atoms with van der Waals surface area (Å²) < 4.78 is 0. The maximum Gasteiger partial charge on any atom is 0.277 e. The molecular weight excluding hydrogens is 248 g/mol. The average molecular weight is 253 g/mol. The van der Waals surface area contributed by atoms with Crippen molar-refractivity contribution in [2.75, 3.05) is 0 Å². The van der Waals surface area contributed by atoms with E-state index in [1.54, 1.807) is 0 Å². The van der Waals surface area contributed by atoms with Crippen molar-refractivity contribution < 1.29 is 14.5 Å². The number of benzene rings is 1. The van der Waals surface area contributed by atoms with Crippen molar-refractivity contribution in [1.29, 1.82) is 0 Å². The van der Waals surface area contributed by atoms with Gasteiger partial charge in [-0.25, -0.2) is 0 Å². The molecule has 2 rings (SSSR count). The van der Waals surface area contributed by atoms with E-state index in [1.807, 2.05) is 5.32 Å². The van der Waals surface area contributed by atoms with E-state index < -0.39 is 16.7 Å². The Bertz CT molecular complexity index is 580. The molecular formula is C10H5ClN2O4. The fraction of sp³-hybridized carbons (Fsp3) is 0. The Morgan fingerprint density at radius 2 is 2.00 bits per heavy atom. The molecule has 0 bridgehead atoms. The van der Waals surface area contributed by atoms with Crippen LogP contribution in [0.5, 0.6) is 0 Å². The third-order valence-electron chi connectivity index (χ3n) is 2.20. The molecule has 0 atom stereocenters. The van der Waals surface area contributed by atoms with Crippen LogP contribution in [0.25, 0.3) is 5.57 Å². The van der Waals surface area contributed by atoms with Gasteiger partial charge in [0.2, 0.25) is 0 Å². The molecule has 2 amide bonds. The molecule has 1 N–H and O–H groups in total. The fourth-order valence-electron chi connectivity index (χ4n) is 1.50. The van der Waals surface area contributed by atoms with E-state index in [0.29, 0.717) is 0 Å². The van der Waals surface area contributed by atoms with Crippen LogP contribution < -0.4 is 5.32 Å². The lowest BCUT2D eigenvalue weighted by atomic mass is 10.0. The number of hydrogen-bond donors (Lipinski definition) is 1. The number of carbonyl (C=O) groups excluding carboxylic acids is 2. The van der Waals surface area contributed by atoms with E-state index >= 15 is 0 Å². The largest absolute Gasteiger partial charge is 0.289 e. The highest BCUT2D eigenvalue weighted by atomic mass is 35.5. The summed E-state index contributed by atoms with van der Waals surface area (Å²) in [5.74, 6) is -1.26. The number of nitrogens with one attached hydrogen (secondary N) is 1. The normalized spacial score (nSPS) is 14.5. The first-order valence-electron chi connectivity index (χ1n) is 4.50. The van der Waals surface area contributed by atoms with Gasteiger partial charge in [0.05, 0.1) is 16.1 Å². The van der Waals surface area contributed by atoms with E-state index in [1.165, 1.54) is 18.2 Å². The molecule has 0 spiro atoms. The van der Waals surface area contributed by atoms with Gasteiger partial charge < -0.3 is 0 Å². The van der Waals surface area contributed by atoms with Crippen LogP contribution in [0, 0.1) is 10.1 Å². The first-order valence-corrected chi connectivity index (χ1v) is 4.88. The molecule has 0 saturated heterocycles. The van der Waals surface area contributed by atoms with Gasteiger partial charge in [0, 0.05) is 17.2 Å². The highest BCUT2D eigenvalue weighted by Gasteiger charge is 2.28. The van der Waals surface area contributed by atoms with Crippen LogP contribution >= 0.6 is 11.6 Å². The standard InChI is InChI=1S/C10H5ClN2O4/c11-5-1-2-8(13(16)17)6(3-5)7-4-9(14)12-10(7)15/h1-4H,(H,12,14,15). The minimum absolute atomic E-state index is 0.0332. The Balaban J connectivity index is 2.62. The molecule has 0 aliphatic carbocycles. The topological polar surface area (TPSA) is 89.3 Å². The number of rotatable bonds is 2. The number of carbonyl (C=O) groups is 2. The molecule has 86 valence electrons. The molecule has 0 saturated carbocycles. The predicted molar refractivity (Wildman–Crippen MR) is 59.2 cm³/mol. The van der Waals surface area contributed by atoms with Crippen LogP contribution in [0.3, 0.4) is 0 Å². The Morgan fingerprint density at radius 3 is 2.53 bits per heavy atom. The number of imide groups is 1. The van der Waals surface area contributed by atoms with E-state index in [-0.39, 0.29) is 21.8 Å². The molecule has 1 aromatic rings. The van der Waals surface area contributed by atoms with E-state index in [2.05, 4.69) is 0 Å². The maximum absolute atomic E-state index is 11.4. The first-order chi connectivity index (χ1) is 7.99. The fourth-order valence-corrected chi connectivity index (χ4v) is 1.67. The van der Waals surface area contributed by atoms with Gasteiger partial charge in [-0.15, -0.1) is 0 Å². The lowest BCUT2D eigenvalue weighted by Gasteiger charge is -2.02. The highest BCUT2D eigenvalue weighted by molar-refractivity contribution is 6.35. The van der Waals surface area contributed by atoms with Gasteiger partial charge >= 0.3 is 0 Å². The van der Waals surface area contributed by atoms with Crippen molar-refractivity contribution in [3.63, 3.8) is 0 Å². The van der Waals surface area contributed by atoms with Gasteiger partial charge in [0.1, 0.15) is 0 Å². The summed E-state index contributed by atoms with van der Waals surface area (Å²) in [5.41, 5.74) is -0.291. The van der Waals surface area contributed by atoms with Gasteiger partial charge in [0.25, 0.3) is 17.5 Å². The van der Waals surface area contributed by atoms with Crippen molar-refractivity contribution >= 4 is 34.7 Å². The number of amides is 2. The minimum Gasteiger partial charge on any atom is -0.289 e. The second kappa shape index (κ2) is 3.99. The van der Waals surface area contributed by atoms with E-state index in [9.17, 15) is 19.7 Å². The Kier molecular flexibility index (Phi) is 2.64. The number of hydrogen-bond acceptors (Lipinski definition) is 4. The van der Waals surface area contributed by atoms with Gasteiger partial charge in [0.15, 0.2) is 0 Å². The summed E-state index contributed by atoms with van der Waals surface area (Å²) in [5, 5.41) is 13.1. The van der Waals surface area contributed by atoms with Crippen molar-refractivity contribution in [3.8, 4) is 0 Å². The summed E-state index contributed by atoms with van der Waals surface area (Å²) in [7, 11) is 0. The zero-order valence-electron chi connectivity index (χ0n) is 8.27. The average Bonchev–Trinajstić information content (AvgIpc) is 2.57. The summed E-state index contributed by atoms with van der Waals surface area (Å²) in [4.78, 5) is 32.6. The second-order valence-electron chi connectivity index (χ2n) is 3.29.